The van der Waals surface area contributed by atoms with Crippen molar-refractivity contribution in [3.63, 3.8) is 0 Å². The molecule has 1 aromatic heterocycles. The van der Waals surface area contributed by atoms with E-state index < -0.39 is 23.8 Å². The number of nitrogens with zero attached hydrogens (tertiary/aromatic N) is 3. The smallest absolute Gasteiger partial charge is 0.266 e. The molecule has 0 aliphatic heterocycles. The van der Waals surface area contributed by atoms with Gasteiger partial charge < -0.3 is 16.4 Å². The third kappa shape index (κ3) is 5.71. The highest BCUT2D eigenvalue weighted by Crippen LogP contribution is 2.31. The van der Waals surface area contributed by atoms with Gasteiger partial charge in [0.1, 0.15) is 23.3 Å². The molecule has 1 amide bonds. The molecule has 0 bridgehead atoms. The number of carbonyl (C=O) groups excluding carboxylic acids is 1. The van der Waals surface area contributed by atoms with Gasteiger partial charge in [0.2, 0.25) is 6.41 Å². The van der Waals surface area contributed by atoms with E-state index in [0.717, 1.165) is 6.07 Å². The molecule has 7 nitrogen and oxygen atoms in total. The summed E-state index contributed by atoms with van der Waals surface area (Å²) in [6.45, 7) is 5.02. The topological polar surface area (TPSA) is 105 Å². The summed E-state index contributed by atoms with van der Waals surface area (Å²) in [7, 11) is 1.60. The molecule has 0 aliphatic rings. The van der Waals surface area contributed by atoms with Gasteiger partial charge in [-0.25, -0.2) is 23.1 Å². The molecule has 0 saturated heterocycles. The Labute approximate surface area is 184 Å². The Balaban J connectivity index is 2.58. The molecular weight excluding hydrogens is 421 g/mol. The average Bonchev–Trinajstić information content (AvgIpc) is 2.74. The molecule has 0 aliphatic carbocycles. The standard InChI is InChI=1S/C22H25F3N6O/c1-12(15(9-26)10-27-4)8-18-21(28-11-32)30-14(3)31-22(18)29-13(2)16-6-5-7-17(19(16)23)20(24)25/h5-11,13,20H,26H2,1-4H3,(H2,28,29,30,31,32)/b12-8+,15-9?,27-10?/t13-/m1/s1. The molecule has 1 atom stereocenters. The van der Waals surface area contributed by atoms with Gasteiger partial charge in [-0.15, -0.1) is 0 Å². The summed E-state index contributed by atoms with van der Waals surface area (Å²) in [5.74, 6) is -0.154. The molecule has 0 fully saturated rings. The number of hydrogen-bond acceptors (Lipinski definition) is 6. The maximum absolute atomic E-state index is 14.6. The van der Waals surface area contributed by atoms with Crippen LogP contribution in [0, 0.1) is 12.7 Å². The summed E-state index contributed by atoms with van der Waals surface area (Å²) in [5.41, 5.74) is 6.77. The van der Waals surface area contributed by atoms with Crippen LogP contribution in [0.3, 0.4) is 0 Å². The zero-order valence-corrected chi connectivity index (χ0v) is 18.2. The van der Waals surface area contributed by atoms with Crippen molar-refractivity contribution >= 4 is 30.3 Å². The molecular formula is C22H25F3N6O. The SMILES string of the molecule is CN=CC(=CN)/C(C)=C/c1c(NC=O)nc(C)nc1N[C@H](C)c1cccc(C(F)F)c1F. The number of halogens is 3. The quantitative estimate of drug-likeness (QED) is 0.298. The van der Waals surface area contributed by atoms with Gasteiger partial charge in [0.15, 0.2) is 0 Å². The van der Waals surface area contributed by atoms with E-state index in [0.29, 0.717) is 28.9 Å². The first-order valence-corrected chi connectivity index (χ1v) is 9.68. The van der Waals surface area contributed by atoms with Gasteiger partial charge >= 0.3 is 0 Å². The van der Waals surface area contributed by atoms with E-state index in [9.17, 15) is 18.0 Å². The Kier molecular flexibility index (Phi) is 8.51. The highest BCUT2D eigenvalue weighted by atomic mass is 19.3. The lowest BCUT2D eigenvalue weighted by Crippen LogP contribution is -2.14. The molecule has 0 spiro atoms. The van der Waals surface area contributed by atoms with Crippen LogP contribution in [0.5, 0.6) is 0 Å². The molecule has 2 rings (SSSR count). The molecule has 4 N–H and O–H groups in total. The predicted octanol–water partition coefficient (Wildman–Crippen LogP) is 4.55. The van der Waals surface area contributed by atoms with Crippen LogP contribution in [-0.4, -0.2) is 29.6 Å². The number of aliphatic imine (C=N–C) groups is 1. The first-order valence-electron chi connectivity index (χ1n) is 9.68. The Bertz CT molecular complexity index is 1070. The van der Waals surface area contributed by atoms with E-state index in [2.05, 4.69) is 25.6 Å². The summed E-state index contributed by atoms with van der Waals surface area (Å²) in [6.07, 6.45) is 2.17. The van der Waals surface area contributed by atoms with Crippen LogP contribution < -0.4 is 16.4 Å². The second kappa shape index (κ2) is 11.1. The Morgan fingerprint density at radius 3 is 2.47 bits per heavy atom. The second-order valence-electron chi connectivity index (χ2n) is 6.90. The largest absolute Gasteiger partial charge is 0.404 e. The van der Waals surface area contributed by atoms with Gasteiger partial charge in [-0.2, -0.15) is 0 Å². The maximum Gasteiger partial charge on any atom is 0.266 e. The van der Waals surface area contributed by atoms with Gasteiger partial charge in [-0.1, -0.05) is 18.2 Å². The van der Waals surface area contributed by atoms with Crippen LogP contribution >= 0.6 is 0 Å². The van der Waals surface area contributed by atoms with Gasteiger partial charge in [0, 0.05) is 30.6 Å². The van der Waals surface area contributed by atoms with Crippen molar-refractivity contribution in [1.82, 2.24) is 9.97 Å². The molecule has 1 aromatic carbocycles. The summed E-state index contributed by atoms with van der Waals surface area (Å²) < 4.78 is 40.9. The summed E-state index contributed by atoms with van der Waals surface area (Å²) >= 11 is 0. The minimum absolute atomic E-state index is 0.0521. The predicted molar refractivity (Wildman–Crippen MR) is 120 cm³/mol. The molecule has 0 radical (unpaired) electrons. The van der Waals surface area contributed by atoms with Crippen molar-refractivity contribution in [1.29, 1.82) is 0 Å². The van der Waals surface area contributed by atoms with E-state index in [-0.39, 0.29) is 17.2 Å². The fourth-order valence-electron chi connectivity index (χ4n) is 3.06. The van der Waals surface area contributed by atoms with Crippen molar-refractivity contribution in [2.75, 3.05) is 17.7 Å². The minimum Gasteiger partial charge on any atom is -0.404 e. The van der Waals surface area contributed by atoms with E-state index in [4.69, 9.17) is 5.73 Å². The molecule has 1 heterocycles. The maximum atomic E-state index is 14.6. The van der Waals surface area contributed by atoms with Crippen LogP contribution in [0.1, 0.15) is 48.8 Å². The monoisotopic (exact) mass is 446 g/mol. The highest BCUT2D eigenvalue weighted by Gasteiger charge is 2.21. The van der Waals surface area contributed by atoms with Crippen molar-refractivity contribution < 1.29 is 18.0 Å². The van der Waals surface area contributed by atoms with Crippen LogP contribution in [0.25, 0.3) is 6.08 Å². The number of carbonyl (C=O) groups is 1. The Hall–Kier alpha value is -3.69. The number of nitrogens with one attached hydrogen (secondary N) is 2. The Morgan fingerprint density at radius 1 is 1.22 bits per heavy atom. The van der Waals surface area contributed by atoms with Crippen molar-refractivity contribution in [3.05, 3.63) is 63.9 Å². The van der Waals surface area contributed by atoms with Crippen molar-refractivity contribution in [2.24, 2.45) is 10.7 Å². The molecule has 0 unspecified atom stereocenters. The van der Waals surface area contributed by atoms with Crippen LogP contribution in [0.15, 0.2) is 40.5 Å². The number of hydrogen-bond donors (Lipinski definition) is 3. The number of aryl methyl sites for hydroxylation is 1. The summed E-state index contributed by atoms with van der Waals surface area (Å²) in [4.78, 5) is 23.7. The molecule has 0 saturated carbocycles. The van der Waals surface area contributed by atoms with Gasteiger partial charge in [-0.3, -0.25) is 9.79 Å². The zero-order chi connectivity index (χ0) is 23.8. The number of benzene rings is 1. The lowest BCUT2D eigenvalue weighted by Gasteiger charge is -2.20. The first kappa shape index (κ1) is 24.6. The number of rotatable bonds is 9. The molecule has 10 heteroatoms. The van der Waals surface area contributed by atoms with E-state index >= 15 is 0 Å². The summed E-state index contributed by atoms with van der Waals surface area (Å²) in [5, 5.41) is 5.57. The van der Waals surface area contributed by atoms with Gasteiger partial charge in [0.25, 0.3) is 6.43 Å². The number of anilines is 2. The zero-order valence-electron chi connectivity index (χ0n) is 18.2. The van der Waals surface area contributed by atoms with Crippen LogP contribution in [0.2, 0.25) is 0 Å². The summed E-state index contributed by atoms with van der Waals surface area (Å²) in [6, 6.07) is 3.12. The number of amides is 1. The fraction of sp³-hybridized carbons (Fsp3) is 0.273. The van der Waals surface area contributed by atoms with Gasteiger partial charge in [0.05, 0.1) is 17.2 Å². The number of allylic oxidation sites excluding steroid dienone is 2. The lowest BCUT2D eigenvalue weighted by molar-refractivity contribution is -0.105. The number of alkyl halides is 2. The van der Waals surface area contributed by atoms with Crippen LogP contribution in [0.4, 0.5) is 24.8 Å². The average molecular weight is 446 g/mol. The lowest BCUT2D eigenvalue weighted by atomic mass is 10.0. The van der Waals surface area contributed by atoms with E-state index in [1.54, 1.807) is 40.1 Å². The van der Waals surface area contributed by atoms with Crippen LogP contribution in [-0.2, 0) is 4.79 Å². The molecule has 32 heavy (non-hydrogen) atoms. The fourth-order valence-corrected chi connectivity index (χ4v) is 3.06. The first-order chi connectivity index (χ1) is 15.2. The van der Waals surface area contributed by atoms with E-state index in [1.165, 1.54) is 18.3 Å². The number of aromatic nitrogens is 2. The molecule has 170 valence electrons. The third-order valence-electron chi connectivity index (χ3n) is 4.63. The normalized spacial score (nSPS) is 13.5. The Morgan fingerprint density at radius 2 is 1.88 bits per heavy atom. The second-order valence-corrected chi connectivity index (χ2v) is 6.90. The van der Waals surface area contributed by atoms with Crippen molar-refractivity contribution in [3.8, 4) is 0 Å². The number of nitrogens with two attached hydrogens (primary N) is 1. The van der Waals surface area contributed by atoms with Gasteiger partial charge in [-0.05, 0) is 32.4 Å². The highest BCUT2D eigenvalue weighted by molar-refractivity contribution is 5.89. The molecule has 2 aromatic rings. The van der Waals surface area contributed by atoms with Crippen molar-refractivity contribution in [2.45, 2.75) is 33.2 Å². The third-order valence-corrected chi connectivity index (χ3v) is 4.63. The van der Waals surface area contributed by atoms with E-state index in [1.807, 2.05) is 0 Å². The minimum atomic E-state index is -2.94.